The molecule has 1 saturated heterocycles. The van der Waals surface area contributed by atoms with Gasteiger partial charge in [-0.2, -0.15) is 4.98 Å². The lowest BCUT2D eigenvalue weighted by molar-refractivity contribution is 0.0735. The maximum atomic E-state index is 13.6. The molecule has 1 amide bonds. The lowest BCUT2D eigenvalue weighted by Gasteiger charge is -2.22. The van der Waals surface area contributed by atoms with E-state index >= 15 is 0 Å². The highest BCUT2D eigenvalue weighted by atomic mass is 16.5. The van der Waals surface area contributed by atoms with E-state index in [1.807, 2.05) is 0 Å². The van der Waals surface area contributed by atoms with Crippen molar-refractivity contribution in [1.29, 1.82) is 0 Å². The summed E-state index contributed by atoms with van der Waals surface area (Å²) in [7, 11) is 3.07. The zero-order valence-electron chi connectivity index (χ0n) is 16.0. The van der Waals surface area contributed by atoms with Crippen molar-refractivity contribution in [2.45, 2.75) is 18.9 Å². The first-order chi connectivity index (χ1) is 14.1. The maximum absolute atomic E-state index is 13.6. The molecule has 8 heteroatoms. The second kappa shape index (κ2) is 6.51. The van der Waals surface area contributed by atoms with Crippen LogP contribution in [0.3, 0.4) is 0 Å². The van der Waals surface area contributed by atoms with Crippen LogP contribution >= 0.6 is 0 Å². The highest BCUT2D eigenvalue weighted by molar-refractivity contribution is 5.99. The van der Waals surface area contributed by atoms with Gasteiger partial charge in [-0.05, 0) is 37.1 Å². The number of hydrogen-bond acceptors (Lipinski definition) is 6. The molecule has 29 heavy (non-hydrogen) atoms. The van der Waals surface area contributed by atoms with Gasteiger partial charge in [0.1, 0.15) is 22.9 Å². The van der Waals surface area contributed by atoms with Gasteiger partial charge < -0.3 is 19.1 Å². The molecular weight excluding hydrogens is 374 g/mol. The molecule has 1 atom stereocenters. The zero-order valence-corrected chi connectivity index (χ0v) is 16.0. The predicted molar refractivity (Wildman–Crippen MR) is 104 cm³/mol. The Kier molecular flexibility index (Phi) is 3.94. The molecule has 1 aromatic heterocycles. The molecule has 3 aliphatic rings. The lowest BCUT2D eigenvalue weighted by Crippen LogP contribution is -2.31. The van der Waals surface area contributed by atoms with E-state index in [0.29, 0.717) is 35.1 Å². The smallest absolute Gasteiger partial charge is 0.269 e. The molecule has 2 aromatic rings. The number of nitrogens with zero attached hydrogens (tertiary/aromatic N) is 3. The molecule has 0 bridgehead atoms. The van der Waals surface area contributed by atoms with Gasteiger partial charge in [0, 0.05) is 12.6 Å². The van der Waals surface area contributed by atoms with Crippen LogP contribution in [0.2, 0.25) is 0 Å². The van der Waals surface area contributed by atoms with Crippen molar-refractivity contribution in [2.75, 3.05) is 20.8 Å². The highest BCUT2D eigenvalue weighted by Gasteiger charge is 2.39. The number of amides is 1. The van der Waals surface area contributed by atoms with E-state index in [1.54, 1.807) is 42.4 Å². The Morgan fingerprint density at radius 2 is 2.07 bits per heavy atom. The van der Waals surface area contributed by atoms with Crippen LogP contribution in [0.25, 0.3) is 11.8 Å². The van der Waals surface area contributed by atoms with E-state index in [-0.39, 0.29) is 29.0 Å². The minimum absolute atomic E-state index is 0.129. The molecular formula is C21H19N3O5. The van der Waals surface area contributed by atoms with E-state index in [1.165, 1.54) is 17.9 Å². The van der Waals surface area contributed by atoms with Crippen molar-refractivity contribution in [3.05, 3.63) is 63.6 Å². The van der Waals surface area contributed by atoms with Gasteiger partial charge >= 0.3 is 0 Å². The third-order valence-corrected chi connectivity index (χ3v) is 5.53. The van der Waals surface area contributed by atoms with Gasteiger partial charge in [-0.15, -0.1) is 0 Å². The summed E-state index contributed by atoms with van der Waals surface area (Å²) < 4.78 is 17.7. The summed E-state index contributed by atoms with van der Waals surface area (Å²) in [4.78, 5) is 33.3. The molecule has 0 saturated carbocycles. The number of aromatic nitrogens is 2. The molecule has 0 spiro atoms. The fourth-order valence-electron chi connectivity index (χ4n) is 4.12. The monoisotopic (exact) mass is 393 g/mol. The van der Waals surface area contributed by atoms with Crippen molar-refractivity contribution >= 4 is 12.0 Å². The van der Waals surface area contributed by atoms with E-state index in [0.717, 1.165) is 12.8 Å². The van der Waals surface area contributed by atoms with Crippen LogP contribution in [-0.4, -0.2) is 41.1 Å². The van der Waals surface area contributed by atoms with Crippen LogP contribution in [0.4, 0.5) is 0 Å². The Morgan fingerprint density at radius 1 is 1.21 bits per heavy atom. The molecule has 1 aromatic carbocycles. The summed E-state index contributed by atoms with van der Waals surface area (Å²) in [5.41, 5.74) is 0.875. The van der Waals surface area contributed by atoms with Crippen LogP contribution in [0.1, 0.15) is 40.6 Å². The summed E-state index contributed by atoms with van der Waals surface area (Å²) in [5.74, 6) is 1.62. The number of benzene rings is 1. The van der Waals surface area contributed by atoms with Crippen LogP contribution < -0.4 is 15.0 Å². The van der Waals surface area contributed by atoms with Gasteiger partial charge in [-0.1, -0.05) is 0 Å². The fourth-order valence-corrected chi connectivity index (χ4v) is 4.12. The second-order valence-corrected chi connectivity index (χ2v) is 7.04. The number of ether oxygens (including phenoxy) is 3. The van der Waals surface area contributed by atoms with Crippen molar-refractivity contribution in [1.82, 2.24) is 14.5 Å². The van der Waals surface area contributed by atoms with Crippen LogP contribution in [-0.2, 0) is 4.74 Å². The molecule has 0 radical (unpaired) electrons. The first-order valence-electron chi connectivity index (χ1n) is 9.37. The third kappa shape index (κ3) is 2.55. The van der Waals surface area contributed by atoms with E-state index in [9.17, 15) is 9.59 Å². The summed E-state index contributed by atoms with van der Waals surface area (Å²) in [6.45, 7) is 0.613. The average molecular weight is 393 g/mol. The van der Waals surface area contributed by atoms with E-state index < -0.39 is 0 Å². The molecule has 0 N–H and O–H groups in total. The quantitative estimate of drug-likeness (QED) is 0.779. The van der Waals surface area contributed by atoms with Gasteiger partial charge in [0.2, 0.25) is 5.88 Å². The Balaban J connectivity index is 1.85. The largest absolute Gasteiger partial charge is 0.497 e. The summed E-state index contributed by atoms with van der Waals surface area (Å²) in [6, 6.07) is 4.85. The number of carbonyl (C=O) groups is 1. The van der Waals surface area contributed by atoms with Crippen LogP contribution in [0, 0.1) is 0 Å². The molecule has 0 aliphatic carbocycles. The third-order valence-electron chi connectivity index (χ3n) is 5.53. The fraction of sp³-hybridized carbons (Fsp3) is 0.286. The number of hydrogen-bond donors (Lipinski definition) is 0. The molecule has 3 aliphatic heterocycles. The first-order valence-corrected chi connectivity index (χ1v) is 9.37. The molecule has 5 rings (SSSR count). The standard InChI is InChI=1S/C21H19N3O5/c1-27-12-5-6-16-14(10-12)20(25)23-8-3-4-17(23)18-22-19-15(21(26)24(16)18)11-13(28-2)7-9-29-19/h5-7,9-11,17H,3-4,8H2,1-2H3/t17-/m1/s1. The number of allylic oxidation sites excluding steroid dienone is 1. The predicted octanol–water partition coefficient (Wildman–Crippen LogP) is 2.43. The Bertz CT molecular complexity index is 1150. The molecule has 1 fully saturated rings. The number of methoxy groups -OCH3 is 2. The maximum Gasteiger partial charge on any atom is 0.269 e. The van der Waals surface area contributed by atoms with E-state index in [2.05, 4.69) is 4.98 Å². The Hall–Kier alpha value is -3.55. The second-order valence-electron chi connectivity index (χ2n) is 7.04. The Labute approximate surface area is 166 Å². The Morgan fingerprint density at radius 3 is 2.86 bits per heavy atom. The van der Waals surface area contributed by atoms with Gasteiger partial charge in [0.05, 0.1) is 37.8 Å². The summed E-state index contributed by atoms with van der Waals surface area (Å²) >= 11 is 0. The van der Waals surface area contributed by atoms with Crippen molar-refractivity contribution in [3.8, 4) is 17.3 Å². The summed E-state index contributed by atoms with van der Waals surface area (Å²) in [6.07, 6.45) is 6.25. The average Bonchev–Trinajstić information content (AvgIpc) is 3.09. The minimum atomic E-state index is -0.309. The van der Waals surface area contributed by atoms with Crippen LogP contribution in [0.5, 0.6) is 11.6 Å². The molecule has 148 valence electrons. The van der Waals surface area contributed by atoms with E-state index in [4.69, 9.17) is 14.2 Å². The highest BCUT2D eigenvalue weighted by Crippen LogP contribution is 2.38. The van der Waals surface area contributed by atoms with Gasteiger partial charge in [-0.3, -0.25) is 14.2 Å². The number of fused-ring (bicyclic) bond motifs is 6. The number of carbonyl (C=O) groups excluding carboxylic acids is 1. The van der Waals surface area contributed by atoms with Crippen molar-refractivity contribution in [2.24, 2.45) is 0 Å². The minimum Gasteiger partial charge on any atom is -0.497 e. The zero-order chi connectivity index (χ0) is 20.1. The topological polar surface area (TPSA) is 82.9 Å². The molecule has 0 unspecified atom stereocenters. The van der Waals surface area contributed by atoms with Crippen molar-refractivity contribution < 1.29 is 19.0 Å². The number of rotatable bonds is 2. The van der Waals surface area contributed by atoms with Gasteiger partial charge in [-0.25, -0.2) is 0 Å². The SMILES string of the molecule is COC1=Cc2c(nc3n(c2=O)-c2ccc(OC)cc2C(=O)N2CCC[C@H]32)OC=C1. The van der Waals surface area contributed by atoms with Crippen LogP contribution in [0.15, 0.2) is 41.1 Å². The molecule has 8 nitrogen and oxygen atoms in total. The normalized spacial score (nSPS) is 19.1. The van der Waals surface area contributed by atoms with Crippen molar-refractivity contribution in [3.63, 3.8) is 0 Å². The first kappa shape index (κ1) is 17.5. The van der Waals surface area contributed by atoms with Gasteiger partial charge in [0.15, 0.2) is 0 Å². The lowest BCUT2D eigenvalue weighted by atomic mass is 10.1. The van der Waals surface area contributed by atoms with Gasteiger partial charge in [0.25, 0.3) is 11.5 Å². The summed E-state index contributed by atoms with van der Waals surface area (Å²) in [5, 5.41) is 0. The molecule has 4 heterocycles.